The fourth-order valence-electron chi connectivity index (χ4n) is 2.69. The Morgan fingerprint density at radius 3 is 2.61 bits per heavy atom. The fourth-order valence-corrected chi connectivity index (χ4v) is 2.69. The molecule has 0 aliphatic carbocycles. The number of methoxy groups -OCH3 is 1. The predicted molar refractivity (Wildman–Crippen MR) is 97.2 cm³/mol. The van der Waals surface area contributed by atoms with Crippen LogP contribution in [0.15, 0.2) is 36.4 Å². The summed E-state index contributed by atoms with van der Waals surface area (Å²) in [5, 5.41) is 2.72. The highest BCUT2D eigenvalue weighted by atomic mass is 19.1. The summed E-state index contributed by atoms with van der Waals surface area (Å²) in [6.45, 7) is 2.22. The molecule has 0 unspecified atom stereocenters. The molecule has 2 aromatic carbocycles. The highest BCUT2D eigenvalue weighted by Crippen LogP contribution is 2.32. The van der Waals surface area contributed by atoms with Gasteiger partial charge in [0.1, 0.15) is 24.8 Å². The van der Waals surface area contributed by atoms with Crippen LogP contribution in [0.5, 0.6) is 17.2 Å². The Bertz CT molecular complexity index is 885. The largest absolute Gasteiger partial charge is 0.497 e. The van der Waals surface area contributed by atoms with Crippen LogP contribution in [0.4, 0.5) is 4.39 Å². The molecule has 0 radical (unpaired) electrons. The first-order valence-electron chi connectivity index (χ1n) is 8.67. The molecule has 1 amide bonds. The number of esters is 1. The number of rotatable bonds is 6. The van der Waals surface area contributed by atoms with E-state index in [1.807, 2.05) is 6.07 Å². The lowest BCUT2D eigenvalue weighted by Crippen LogP contribution is -2.31. The molecule has 1 aliphatic rings. The van der Waals surface area contributed by atoms with E-state index in [1.54, 1.807) is 19.1 Å². The molecule has 2 aromatic rings. The second kappa shape index (κ2) is 8.60. The van der Waals surface area contributed by atoms with Crippen LogP contribution in [0.2, 0.25) is 0 Å². The summed E-state index contributed by atoms with van der Waals surface area (Å²) in [4.78, 5) is 24.1. The van der Waals surface area contributed by atoms with E-state index < -0.39 is 24.3 Å². The van der Waals surface area contributed by atoms with E-state index in [1.165, 1.54) is 19.2 Å². The van der Waals surface area contributed by atoms with Crippen molar-refractivity contribution in [1.29, 1.82) is 0 Å². The Morgan fingerprint density at radius 2 is 1.89 bits per heavy atom. The Labute approximate surface area is 161 Å². The maximum atomic E-state index is 13.9. The third-order valence-corrected chi connectivity index (χ3v) is 4.17. The number of carbonyl (C=O) groups excluding carboxylic acids is 2. The molecule has 1 aliphatic heterocycles. The summed E-state index contributed by atoms with van der Waals surface area (Å²) < 4.78 is 34.6. The quantitative estimate of drug-likeness (QED) is 0.765. The first kappa shape index (κ1) is 19.5. The van der Waals surface area contributed by atoms with Crippen LogP contribution in [0, 0.1) is 5.82 Å². The van der Waals surface area contributed by atoms with E-state index in [0.717, 1.165) is 11.6 Å². The van der Waals surface area contributed by atoms with E-state index >= 15 is 0 Å². The van der Waals surface area contributed by atoms with Gasteiger partial charge in [0.25, 0.3) is 5.91 Å². The summed E-state index contributed by atoms with van der Waals surface area (Å²) >= 11 is 0. The molecule has 0 saturated heterocycles. The molecular weight excluding hydrogens is 369 g/mol. The van der Waals surface area contributed by atoms with Gasteiger partial charge in [-0.2, -0.15) is 0 Å². The van der Waals surface area contributed by atoms with Gasteiger partial charge < -0.3 is 24.3 Å². The minimum Gasteiger partial charge on any atom is -0.497 e. The molecule has 0 fully saturated rings. The number of hydrogen-bond donors (Lipinski definition) is 1. The van der Waals surface area contributed by atoms with Crippen LogP contribution in [-0.4, -0.2) is 38.8 Å². The number of benzene rings is 2. The third-order valence-electron chi connectivity index (χ3n) is 4.17. The zero-order valence-electron chi connectivity index (χ0n) is 15.5. The number of carbonyl (C=O) groups is 2. The number of nitrogens with one attached hydrogen (secondary N) is 1. The number of ether oxygens (including phenoxy) is 4. The van der Waals surface area contributed by atoms with Crippen LogP contribution >= 0.6 is 0 Å². The molecule has 1 atom stereocenters. The summed E-state index contributed by atoms with van der Waals surface area (Å²) in [5.74, 6) is -0.670. The van der Waals surface area contributed by atoms with Gasteiger partial charge in [0.15, 0.2) is 18.1 Å². The normalized spacial score (nSPS) is 13.4. The van der Waals surface area contributed by atoms with Gasteiger partial charge in [-0.05, 0) is 36.8 Å². The maximum Gasteiger partial charge on any atom is 0.341 e. The van der Waals surface area contributed by atoms with E-state index in [2.05, 4.69) is 5.32 Å². The van der Waals surface area contributed by atoms with Gasteiger partial charge in [-0.1, -0.05) is 6.07 Å². The van der Waals surface area contributed by atoms with Crippen LogP contribution < -0.4 is 19.5 Å². The van der Waals surface area contributed by atoms with Gasteiger partial charge in [-0.15, -0.1) is 0 Å². The minimum atomic E-state index is -0.928. The fraction of sp³-hybridized carbons (Fsp3) is 0.300. The smallest absolute Gasteiger partial charge is 0.341 e. The van der Waals surface area contributed by atoms with Crippen molar-refractivity contribution in [2.45, 2.75) is 13.0 Å². The molecule has 3 rings (SSSR count). The topological polar surface area (TPSA) is 83.1 Å². The Morgan fingerprint density at radius 1 is 1.14 bits per heavy atom. The molecule has 0 bridgehead atoms. The SMILES string of the molecule is COc1ccc(C(=O)OCC(=O)N[C@H](C)c2ccc3c(c2)OCCO3)c(F)c1. The standard InChI is InChI=1S/C20H20FNO6/c1-12(13-3-6-17-18(9-13)27-8-7-26-17)22-19(23)11-28-20(24)15-5-4-14(25-2)10-16(15)21/h3-6,9-10,12H,7-8,11H2,1-2H3,(H,22,23)/t12-/m1/s1. The highest BCUT2D eigenvalue weighted by molar-refractivity contribution is 5.91. The average Bonchev–Trinajstić information content (AvgIpc) is 2.71. The lowest BCUT2D eigenvalue weighted by Gasteiger charge is -2.21. The van der Waals surface area contributed by atoms with Gasteiger partial charge in [-0.25, -0.2) is 9.18 Å². The van der Waals surface area contributed by atoms with Crippen molar-refractivity contribution in [1.82, 2.24) is 5.32 Å². The summed E-state index contributed by atoms with van der Waals surface area (Å²) in [5.41, 5.74) is 0.540. The van der Waals surface area contributed by atoms with E-state index in [9.17, 15) is 14.0 Å². The Kier molecular flexibility index (Phi) is 5.98. The van der Waals surface area contributed by atoms with Crippen LogP contribution in [0.3, 0.4) is 0 Å². The van der Waals surface area contributed by atoms with Gasteiger partial charge >= 0.3 is 5.97 Å². The lowest BCUT2D eigenvalue weighted by molar-refractivity contribution is -0.124. The molecule has 1 N–H and O–H groups in total. The number of fused-ring (bicyclic) bond motifs is 1. The van der Waals surface area contributed by atoms with Gasteiger partial charge in [0.05, 0.1) is 18.7 Å². The minimum absolute atomic E-state index is 0.270. The molecule has 1 heterocycles. The van der Waals surface area contributed by atoms with Crippen molar-refractivity contribution >= 4 is 11.9 Å². The van der Waals surface area contributed by atoms with Gasteiger partial charge in [0.2, 0.25) is 0 Å². The summed E-state index contributed by atoms with van der Waals surface area (Å²) in [6.07, 6.45) is 0. The maximum absolute atomic E-state index is 13.9. The predicted octanol–water partition coefficient (Wildman–Crippen LogP) is 2.64. The van der Waals surface area contributed by atoms with E-state index in [4.69, 9.17) is 18.9 Å². The van der Waals surface area contributed by atoms with Crippen molar-refractivity contribution < 1.29 is 32.9 Å². The zero-order valence-corrected chi connectivity index (χ0v) is 15.5. The van der Waals surface area contributed by atoms with Gasteiger partial charge in [0, 0.05) is 6.07 Å². The molecule has 148 valence electrons. The van der Waals surface area contributed by atoms with Crippen LogP contribution in [0.1, 0.15) is 28.9 Å². The average molecular weight is 389 g/mol. The molecule has 0 aromatic heterocycles. The van der Waals surface area contributed by atoms with Crippen molar-refractivity contribution in [2.75, 3.05) is 26.9 Å². The van der Waals surface area contributed by atoms with Crippen LogP contribution in [-0.2, 0) is 9.53 Å². The van der Waals surface area contributed by atoms with Gasteiger partial charge in [-0.3, -0.25) is 4.79 Å². The number of amides is 1. The lowest BCUT2D eigenvalue weighted by atomic mass is 10.1. The van der Waals surface area contributed by atoms with Crippen LogP contribution in [0.25, 0.3) is 0 Å². The van der Waals surface area contributed by atoms with Crippen molar-refractivity contribution in [2.24, 2.45) is 0 Å². The van der Waals surface area contributed by atoms with Crippen molar-refractivity contribution in [3.63, 3.8) is 0 Å². The molecule has 0 spiro atoms. The second-order valence-corrected chi connectivity index (χ2v) is 6.11. The first-order chi connectivity index (χ1) is 13.5. The number of hydrogen-bond acceptors (Lipinski definition) is 6. The number of halogens is 1. The van der Waals surface area contributed by atoms with Crippen molar-refractivity contribution in [3.05, 3.63) is 53.3 Å². The third kappa shape index (κ3) is 4.51. The highest BCUT2D eigenvalue weighted by Gasteiger charge is 2.18. The van der Waals surface area contributed by atoms with E-state index in [0.29, 0.717) is 24.7 Å². The molecule has 8 heteroatoms. The monoisotopic (exact) mass is 389 g/mol. The molecular formula is C20H20FNO6. The molecule has 28 heavy (non-hydrogen) atoms. The summed E-state index contributed by atoms with van der Waals surface area (Å²) in [6, 6.07) is 8.78. The Hall–Kier alpha value is -3.29. The van der Waals surface area contributed by atoms with Crippen molar-refractivity contribution in [3.8, 4) is 17.2 Å². The second-order valence-electron chi connectivity index (χ2n) is 6.11. The zero-order chi connectivity index (χ0) is 20.1. The molecule has 0 saturated carbocycles. The first-order valence-corrected chi connectivity index (χ1v) is 8.67. The summed E-state index contributed by atoms with van der Waals surface area (Å²) in [7, 11) is 1.39. The Balaban J connectivity index is 1.54. The van der Waals surface area contributed by atoms with E-state index in [-0.39, 0.29) is 17.4 Å². The molecule has 7 nitrogen and oxygen atoms in total.